The van der Waals surface area contributed by atoms with Crippen molar-refractivity contribution in [2.24, 2.45) is 0 Å². The first-order chi connectivity index (χ1) is 6.43. The quantitative estimate of drug-likeness (QED) is 0.741. The number of nitrogens with zero attached hydrogens (tertiary/aromatic N) is 1. The average molecular weight is 194 g/mol. The lowest BCUT2D eigenvalue weighted by Crippen LogP contribution is -2.43. The highest BCUT2D eigenvalue weighted by Gasteiger charge is 2.32. The number of benzene rings is 1. The molecule has 0 saturated heterocycles. The Morgan fingerprint density at radius 1 is 1.21 bits per heavy atom. The zero-order chi connectivity index (χ0) is 10.8. The minimum absolute atomic E-state index is 0.388. The van der Waals surface area contributed by atoms with Crippen LogP contribution in [0.2, 0.25) is 0 Å². The van der Waals surface area contributed by atoms with Crippen LogP contribution in [0, 0.1) is 0 Å². The first-order valence-electron chi connectivity index (χ1n) is 4.52. The van der Waals surface area contributed by atoms with E-state index in [2.05, 4.69) is 0 Å². The van der Waals surface area contributed by atoms with Gasteiger partial charge in [-0.15, -0.1) is 0 Å². The third kappa shape index (κ3) is 2.33. The van der Waals surface area contributed by atoms with Gasteiger partial charge in [0.25, 0.3) is 0 Å². The van der Waals surface area contributed by atoms with E-state index in [1.54, 1.807) is 0 Å². The van der Waals surface area contributed by atoms with Crippen LogP contribution in [0.1, 0.15) is 11.6 Å². The Balaban J connectivity index is 3.08. The van der Waals surface area contributed by atoms with Crippen LogP contribution >= 0.6 is 0 Å². The number of rotatable bonds is 3. The summed E-state index contributed by atoms with van der Waals surface area (Å²) in [5, 5.41) is 9.15. The second-order valence-electron chi connectivity index (χ2n) is 4.27. The molecule has 0 heterocycles. The molecule has 0 aliphatic heterocycles. The number of hydrogen-bond donors (Lipinski definition) is 1. The van der Waals surface area contributed by atoms with Crippen molar-refractivity contribution in [1.29, 1.82) is 0 Å². The number of aliphatic carboxylic acids is 1. The molecular weight excluding hydrogens is 178 g/mol. The molecule has 1 aromatic carbocycles. The highest BCUT2D eigenvalue weighted by Crippen LogP contribution is 2.22. The van der Waals surface area contributed by atoms with Crippen molar-refractivity contribution in [3.63, 3.8) is 0 Å². The summed E-state index contributed by atoms with van der Waals surface area (Å²) >= 11 is 0. The van der Waals surface area contributed by atoms with E-state index >= 15 is 0 Å². The molecule has 0 radical (unpaired) electrons. The molecule has 0 aromatic heterocycles. The Bertz CT molecular complexity index is 314. The number of quaternary nitrogens is 1. The fourth-order valence-electron chi connectivity index (χ4n) is 1.56. The van der Waals surface area contributed by atoms with E-state index in [0.29, 0.717) is 4.48 Å². The van der Waals surface area contributed by atoms with Crippen molar-refractivity contribution in [1.82, 2.24) is 0 Å². The predicted molar refractivity (Wildman–Crippen MR) is 54.9 cm³/mol. The molecule has 0 aliphatic rings. The van der Waals surface area contributed by atoms with Crippen LogP contribution in [0.25, 0.3) is 0 Å². The number of carbonyl (C=O) groups is 1. The largest absolute Gasteiger partial charge is 0.477 e. The van der Waals surface area contributed by atoms with E-state index < -0.39 is 12.0 Å². The summed E-state index contributed by atoms with van der Waals surface area (Å²) in [6, 6.07) is 8.81. The summed E-state index contributed by atoms with van der Waals surface area (Å²) < 4.78 is 0.388. The fourth-order valence-corrected chi connectivity index (χ4v) is 1.56. The Labute approximate surface area is 84.2 Å². The fraction of sp³-hybridized carbons (Fsp3) is 0.364. The highest BCUT2D eigenvalue weighted by atomic mass is 16.4. The zero-order valence-corrected chi connectivity index (χ0v) is 8.77. The molecule has 1 atom stereocenters. The van der Waals surface area contributed by atoms with Crippen LogP contribution in [0.15, 0.2) is 30.3 Å². The first-order valence-corrected chi connectivity index (χ1v) is 4.52. The Morgan fingerprint density at radius 2 is 1.71 bits per heavy atom. The van der Waals surface area contributed by atoms with Gasteiger partial charge in [-0.3, -0.25) is 0 Å². The number of likely N-dealkylation sites (N-methyl/N-ethyl adjacent to an activating group) is 1. The Kier molecular flexibility index (Phi) is 2.91. The molecule has 14 heavy (non-hydrogen) atoms. The van der Waals surface area contributed by atoms with Gasteiger partial charge in [-0.05, 0) is 0 Å². The van der Waals surface area contributed by atoms with Gasteiger partial charge in [0.15, 0.2) is 0 Å². The molecule has 3 nitrogen and oxygen atoms in total. The summed E-state index contributed by atoms with van der Waals surface area (Å²) in [7, 11) is 5.64. The summed E-state index contributed by atoms with van der Waals surface area (Å²) in [5.74, 6) is -0.788. The van der Waals surface area contributed by atoms with Gasteiger partial charge in [-0.1, -0.05) is 30.3 Å². The van der Waals surface area contributed by atoms with E-state index in [1.165, 1.54) is 0 Å². The molecule has 76 valence electrons. The van der Waals surface area contributed by atoms with Gasteiger partial charge < -0.3 is 9.59 Å². The summed E-state index contributed by atoms with van der Waals surface area (Å²) in [4.78, 5) is 11.1. The van der Waals surface area contributed by atoms with Gasteiger partial charge in [0.05, 0.1) is 21.1 Å². The standard InChI is InChI=1S/C11H15NO2/c1-12(2,3)10(11(13)14)9-7-5-4-6-8-9/h4-8,10H,1-3H3/p+1/t10-/m0/s1. The van der Waals surface area contributed by atoms with Crippen molar-refractivity contribution < 1.29 is 14.4 Å². The van der Waals surface area contributed by atoms with Crippen LogP contribution in [0.5, 0.6) is 0 Å². The van der Waals surface area contributed by atoms with E-state index in [-0.39, 0.29) is 0 Å². The predicted octanol–water partition coefficient (Wildman–Crippen LogP) is 1.52. The van der Waals surface area contributed by atoms with Gasteiger partial charge in [-0.25, -0.2) is 4.79 Å². The van der Waals surface area contributed by atoms with Crippen LogP contribution in [0.3, 0.4) is 0 Å². The van der Waals surface area contributed by atoms with Crippen LogP contribution in [0.4, 0.5) is 0 Å². The zero-order valence-electron chi connectivity index (χ0n) is 8.77. The molecule has 0 spiro atoms. The normalized spacial score (nSPS) is 13.6. The topological polar surface area (TPSA) is 37.3 Å². The van der Waals surface area contributed by atoms with E-state index in [9.17, 15) is 4.79 Å². The van der Waals surface area contributed by atoms with Crippen LogP contribution in [-0.2, 0) is 4.79 Å². The van der Waals surface area contributed by atoms with Crippen molar-refractivity contribution in [3.8, 4) is 0 Å². The maximum atomic E-state index is 11.1. The number of hydrogen-bond acceptors (Lipinski definition) is 1. The lowest BCUT2D eigenvalue weighted by atomic mass is 10.1. The first kappa shape index (κ1) is 10.7. The summed E-state index contributed by atoms with van der Waals surface area (Å²) in [6.07, 6.45) is 0. The minimum Gasteiger partial charge on any atom is -0.477 e. The Hall–Kier alpha value is -1.35. The molecular formula is C11H16NO2+. The molecule has 1 aromatic rings. The van der Waals surface area contributed by atoms with Crippen LogP contribution < -0.4 is 0 Å². The molecule has 1 rings (SSSR count). The van der Waals surface area contributed by atoms with E-state index in [1.807, 2.05) is 51.5 Å². The van der Waals surface area contributed by atoms with Crippen molar-refractivity contribution in [2.75, 3.05) is 21.1 Å². The van der Waals surface area contributed by atoms with Crippen molar-refractivity contribution in [3.05, 3.63) is 35.9 Å². The second kappa shape index (κ2) is 3.80. The second-order valence-corrected chi connectivity index (χ2v) is 4.27. The van der Waals surface area contributed by atoms with Gasteiger partial charge in [0, 0.05) is 5.56 Å². The highest BCUT2D eigenvalue weighted by molar-refractivity contribution is 5.74. The molecule has 1 N–H and O–H groups in total. The monoisotopic (exact) mass is 194 g/mol. The van der Waals surface area contributed by atoms with Gasteiger partial charge in [-0.2, -0.15) is 0 Å². The minimum atomic E-state index is -0.788. The van der Waals surface area contributed by atoms with E-state index in [4.69, 9.17) is 5.11 Å². The molecule has 0 unspecified atom stereocenters. The molecule has 0 saturated carbocycles. The summed E-state index contributed by atoms with van der Waals surface area (Å²) in [5.41, 5.74) is 0.840. The number of carboxylic acid groups (broad SMARTS) is 1. The molecule has 0 bridgehead atoms. The van der Waals surface area contributed by atoms with E-state index in [0.717, 1.165) is 5.56 Å². The molecule has 0 amide bonds. The summed E-state index contributed by atoms with van der Waals surface area (Å²) in [6.45, 7) is 0. The lowest BCUT2D eigenvalue weighted by molar-refractivity contribution is -0.893. The van der Waals surface area contributed by atoms with Crippen molar-refractivity contribution >= 4 is 5.97 Å². The third-order valence-electron chi connectivity index (χ3n) is 2.12. The molecule has 0 aliphatic carbocycles. The van der Waals surface area contributed by atoms with Gasteiger partial charge in [0.1, 0.15) is 0 Å². The molecule has 0 fully saturated rings. The maximum absolute atomic E-state index is 11.1. The van der Waals surface area contributed by atoms with Crippen LogP contribution in [-0.4, -0.2) is 36.7 Å². The average Bonchev–Trinajstić information content (AvgIpc) is 2.02. The third-order valence-corrected chi connectivity index (χ3v) is 2.12. The van der Waals surface area contributed by atoms with Crippen molar-refractivity contribution in [2.45, 2.75) is 6.04 Å². The van der Waals surface area contributed by atoms with Gasteiger partial charge in [0.2, 0.25) is 6.04 Å². The SMILES string of the molecule is C[N+](C)(C)[C@H](C(=O)O)c1ccccc1. The number of carboxylic acids is 1. The smallest absolute Gasteiger partial charge is 0.367 e. The van der Waals surface area contributed by atoms with Gasteiger partial charge >= 0.3 is 5.97 Å². The maximum Gasteiger partial charge on any atom is 0.367 e. The Morgan fingerprint density at radius 3 is 2.07 bits per heavy atom. The lowest BCUT2D eigenvalue weighted by Gasteiger charge is -2.31. The molecule has 3 heteroatoms.